The van der Waals surface area contributed by atoms with E-state index >= 15 is 0 Å². The van der Waals surface area contributed by atoms with Gasteiger partial charge in [0, 0.05) is 49.1 Å². The van der Waals surface area contributed by atoms with Gasteiger partial charge in [0.05, 0.1) is 16.1 Å². The van der Waals surface area contributed by atoms with Crippen LogP contribution in [0.5, 0.6) is 0 Å². The number of nitrogens with zero attached hydrogens (tertiary/aromatic N) is 2. The quantitative estimate of drug-likeness (QED) is 0.751. The second-order valence-electron chi connectivity index (χ2n) is 6.03. The number of nitrogens with one attached hydrogen (secondary N) is 1. The minimum absolute atomic E-state index is 0.100. The van der Waals surface area contributed by atoms with Gasteiger partial charge in [0.1, 0.15) is 0 Å². The van der Waals surface area contributed by atoms with Crippen molar-refractivity contribution < 1.29 is 9.59 Å². The Balaban J connectivity index is 1.42. The largest absolute Gasteiger partial charge is 0.351 e. The molecule has 0 radical (unpaired) electrons. The minimum Gasteiger partial charge on any atom is -0.351 e. The molecule has 3 rings (SSSR count). The number of benzene rings is 1. The molecule has 1 fully saturated rings. The maximum Gasteiger partial charge on any atom is 0.254 e. The van der Waals surface area contributed by atoms with Crippen molar-refractivity contribution in [3.05, 3.63) is 55.6 Å². The first-order chi connectivity index (χ1) is 12.5. The van der Waals surface area contributed by atoms with Crippen molar-refractivity contribution in [2.45, 2.75) is 0 Å². The molecule has 5 nitrogen and oxygen atoms in total. The van der Waals surface area contributed by atoms with E-state index in [4.69, 9.17) is 11.6 Å². The van der Waals surface area contributed by atoms with E-state index in [9.17, 15) is 9.59 Å². The molecule has 0 unspecified atom stereocenters. The highest BCUT2D eigenvalue weighted by Gasteiger charge is 2.22. The number of halogens is 2. The van der Waals surface area contributed by atoms with Crippen LogP contribution in [-0.4, -0.2) is 60.9 Å². The predicted octanol–water partition coefficient (Wildman–Crippen LogP) is 3.35. The van der Waals surface area contributed by atoms with Crippen LogP contribution >= 0.6 is 38.9 Å². The molecule has 0 atom stereocenters. The molecule has 1 aliphatic rings. The molecule has 1 N–H and O–H groups in total. The fourth-order valence-corrected chi connectivity index (χ4v) is 4.03. The second-order valence-corrected chi connectivity index (χ2v) is 8.13. The summed E-state index contributed by atoms with van der Waals surface area (Å²) in [5.41, 5.74) is 1.23. The Labute approximate surface area is 170 Å². The molecule has 0 bridgehead atoms. The Bertz CT molecular complexity index is 777. The van der Waals surface area contributed by atoms with E-state index in [2.05, 4.69) is 26.1 Å². The van der Waals surface area contributed by atoms with Gasteiger partial charge in [0.15, 0.2) is 0 Å². The summed E-state index contributed by atoms with van der Waals surface area (Å²) in [6.45, 7) is 4.32. The number of thiophene rings is 1. The zero-order valence-electron chi connectivity index (χ0n) is 14.1. The highest BCUT2D eigenvalue weighted by atomic mass is 79.9. The molecular formula is C18H19BrClN3O2S. The zero-order chi connectivity index (χ0) is 18.5. The first kappa shape index (κ1) is 19.4. The van der Waals surface area contributed by atoms with E-state index in [1.807, 2.05) is 21.7 Å². The monoisotopic (exact) mass is 455 g/mol. The fourth-order valence-electron chi connectivity index (χ4n) is 2.84. The van der Waals surface area contributed by atoms with Crippen molar-refractivity contribution in [2.24, 2.45) is 0 Å². The Hall–Kier alpha value is -1.41. The van der Waals surface area contributed by atoms with Gasteiger partial charge in [-0.15, -0.1) is 0 Å². The first-order valence-corrected chi connectivity index (χ1v) is 10.4. The van der Waals surface area contributed by atoms with E-state index < -0.39 is 0 Å². The minimum atomic E-state index is -0.178. The van der Waals surface area contributed by atoms with Gasteiger partial charge in [-0.1, -0.05) is 27.5 Å². The standard InChI is InChI=1S/C18H19BrClN3O2S/c19-14-1-2-16(20)15(11-14)17(24)21-4-5-22-6-8-23(9-7-22)18(25)13-3-10-26-12-13/h1-3,10-12H,4-9H2,(H,21,24). The topological polar surface area (TPSA) is 52.7 Å². The van der Waals surface area contributed by atoms with E-state index in [1.165, 1.54) is 11.3 Å². The maximum absolute atomic E-state index is 12.3. The maximum atomic E-state index is 12.3. The van der Waals surface area contributed by atoms with Crippen molar-refractivity contribution in [1.82, 2.24) is 15.1 Å². The summed E-state index contributed by atoms with van der Waals surface area (Å²) in [6.07, 6.45) is 0. The van der Waals surface area contributed by atoms with Gasteiger partial charge in [-0.3, -0.25) is 14.5 Å². The molecule has 2 heterocycles. The number of amides is 2. The predicted molar refractivity (Wildman–Crippen MR) is 108 cm³/mol. The molecule has 1 aromatic carbocycles. The fraction of sp³-hybridized carbons (Fsp3) is 0.333. The van der Waals surface area contributed by atoms with Gasteiger partial charge in [-0.2, -0.15) is 11.3 Å². The van der Waals surface area contributed by atoms with Crippen LogP contribution in [0.15, 0.2) is 39.5 Å². The van der Waals surface area contributed by atoms with Crippen LogP contribution in [0.25, 0.3) is 0 Å². The average Bonchev–Trinajstić information content (AvgIpc) is 3.18. The number of rotatable bonds is 5. The lowest BCUT2D eigenvalue weighted by Gasteiger charge is -2.34. The van der Waals surface area contributed by atoms with Crippen LogP contribution < -0.4 is 5.32 Å². The number of hydrogen-bond acceptors (Lipinski definition) is 4. The van der Waals surface area contributed by atoms with Gasteiger partial charge in [-0.05, 0) is 29.6 Å². The van der Waals surface area contributed by atoms with E-state index in [1.54, 1.807) is 18.2 Å². The highest BCUT2D eigenvalue weighted by molar-refractivity contribution is 9.10. The summed E-state index contributed by atoms with van der Waals surface area (Å²) in [4.78, 5) is 28.7. The Morgan fingerprint density at radius 3 is 2.65 bits per heavy atom. The van der Waals surface area contributed by atoms with Gasteiger partial charge in [0.25, 0.3) is 11.8 Å². The highest BCUT2D eigenvalue weighted by Crippen LogP contribution is 2.20. The van der Waals surface area contributed by atoms with Crippen molar-refractivity contribution >= 4 is 50.7 Å². The van der Waals surface area contributed by atoms with Crippen LogP contribution in [0.1, 0.15) is 20.7 Å². The van der Waals surface area contributed by atoms with E-state index in [-0.39, 0.29) is 11.8 Å². The van der Waals surface area contributed by atoms with Crippen LogP contribution in [0.2, 0.25) is 5.02 Å². The van der Waals surface area contributed by atoms with Crippen LogP contribution in [0.3, 0.4) is 0 Å². The van der Waals surface area contributed by atoms with Gasteiger partial charge in [-0.25, -0.2) is 0 Å². The summed E-state index contributed by atoms with van der Waals surface area (Å²) in [5.74, 6) is -0.0777. The summed E-state index contributed by atoms with van der Waals surface area (Å²) < 4.78 is 0.818. The molecule has 2 aromatic rings. The molecule has 0 aliphatic carbocycles. The Morgan fingerprint density at radius 2 is 1.96 bits per heavy atom. The summed E-state index contributed by atoms with van der Waals surface area (Å²) in [5, 5.41) is 7.15. The molecule has 138 valence electrons. The third-order valence-corrected chi connectivity index (χ3v) is 5.82. The Morgan fingerprint density at radius 1 is 1.19 bits per heavy atom. The molecule has 0 spiro atoms. The molecule has 1 aromatic heterocycles. The van der Waals surface area contributed by atoms with Crippen molar-refractivity contribution in [3.63, 3.8) is 0 Å². The Kier molecular flexibility index (Phi) is 6.69. The summed E-state index contributed by atoms with van der Waals surface area (Å²) >= 11 is 11.0. The van der Waals surface area contributed by atoms with Gasteiger partial charge < -0.3 is 10.2 Å². The van der Waals surface area contributed by atoms with Crippen molar-refractivity contribution in [3.8, 4) is 0 Å². The van der Waals surface area contributed by atoms with Crippen molar-refractivity contribution in [1.29, 1.82) is 0 Å². The molecule has 1 aliphatic heterocycles. The number of piperazine rings is 1. The molecular weight excluding hydrogens is 438 g/mol. The van der Waals surface area contributed by atoms with Crippen LogP contribution in [-0.2, 0) is 0 Å². The zero-order valence-corrected chi connectivity index (χ0v) is 17.2. The van der Waals surface area contributed by atoms with Crippen molar-refractivity contribution in [2.75, 3.05) is 39.3 Å². The number of hydrogen-bond donors (Lipinski definition) is 1. The lowest BCUT2D eigenvalue weighted by Crippen LogP contribution is -2.50. The molecule has 2 amide bonds. The number of carbonyl (C=O) groups is 2. The average molecular weight is 457 g/mol. The SMILES string of the molecule is O=C(NCCN1CCN(C(=O)c2ccsc2)CC1)c1cc(Br)ccc1Cl. The van der Waals surface area contributed by atoms with Crippen LogP contribution in [0, 0.1) is 0 Å². The first-order valence-electron chi connectivity index (χ1n) is 8.31. The molecule has 1 saturated heterocycles. The summed E-state index contributed by atoms with van der Waals surface area (Å²) in [6, 6.07) is 7.08. The molecule has 26 heavy (non-hydrogen) atoms. The van der Waals surface area contributed by atoms with Gasteiger partial charge >= 0.3 is 0 Å². The summed E-state index contributed by atoms with van der Waals surface area (Å²) in [7, 11) is 0. The third kappa shape index (κ3) is 4.85. The van der Waals surface area contributed by atoms with E-state index in [0.717, 1.165) is 29.7 Å². The van der Waals surface area contributed by atoms with Crippen LogP contribution in [0.4, 0.5) is 0 Å². The normalized spacial score (nSPS) is 15.1. The molecule has 0 saturated carbocycles. The van der Waals surface area contributed by atoms with E-state index in [0.29, 0.717) is 30.2 Å². The smallest absolute Gasteiger partial charge is 0.254 e. The lowest BCUT2D eigenvalue weighted by atomic mass is 10.2. The lowest BCUT2D eigenvalue weighted by molar-refractivity contribution is 0.0638. The third-order valence-electron chi connectivity index (χ3n) is 4.31. The number of carbonyl (C=O) groups excluding carboxylic acids is 2. The van der Waals surface area contributed by atoms with Gasteiger partial charge in [0.2, 0.25) is 0 Å². The second kappa shape index (κ2) is 8.99. The molecule has 8 heteroatoms.